The maximum Gasteiger partial charge on any atom is 0.573 e. The molecular weight excluding hydrogens is 579 g/mol. The first-order valence-electron chi connectivity index (χ1n) is 12.6. The van der Waals surface area contributed by atoms with E-state index in [0.29, 0.717) is 18.7 Å². The molecule has 0 saturated carbocycles. The van der Waals surface area contributed by atoms with Gasteiger partial charge in [0.1, 0.15) is 18.3 Å². The predicted octanol–water partition coefficient (Wildman–Crippen LogP) is 2.30. The number of carboxylic acid groups (broad SMARTS) is 1. The van der Waals surface area contributed by atoms with Crippen LogP contribution < -0.4 is 19.7 Å². The van der Waals surface area contributed by atoms with Crippen molar-refractivity contribution in [2.75, 3.05) is 37.6 Å². The van der Waals surface area contributed by atoms with Gasteiger partial charge >= 0.3 is 12.3 Å². The summed E-state index contributed by atoms with van der Waals surface area (Å²) in [6.45, 7) is 3.87. The molecule has 3 N–H and O–H groups in total. The summed E-state index contributed by atoms with van der Waals surface area (Å²) in [5.41, 5.74) is 1.19. The third kappa shape index (κ3) is 8.84. The van der Waals surface area contributed by atoms with Crippen molar-refractivity contribution in [1.82, 2.24) is 14.3 Å². The number of carbonyl (C=O) groups excluding carboxylic acids is 1. The van der Waals surface area contributed by atoms with Crippen molar-refractivity contribution in [3.63, 3.8) is 0 Å². The van der Waals surface area contributed by atoms with Crippen LogP contribution in [-0.4, -0.2) is 74.8 Å². The molecule has 2 aromatic rings. The van der Waals surface area contributed by atoms with Gasteiger partial charge in [-0.25, -0.2) is 0 Å². The Morgan fingerprint density at radius 1 is 1.05 bits per heavy atom. The van der Waals surface area contributed by atoms with E-state index in [0.717, 1.165) is 17.8 Å². The molecule has 0 radical (unpaired) electrons. The molecule has 1 aliphatic heterocycles. The zero-order valence-electron chi connectivity index (χ0n) is 22.6. The fraction of sp³-hybridized carbons (Fsp3) is 0.370. The number of amides is 1. The van der Waals surface area contributed by atoms with Gasteiger partial charge in [-0.15, -0.1) is 13.2 Å². The molecule has 1 fully saturated rings. The molecule has 2 aromatic carbocycles. The quantitative estimate of drug-likeness (QED) is 0.290. The number of piperazine rings is 1. The Morgan fingerprint density at radius 2 is 1.64 bits per heavy atom. The highest BCUT2D eigenvalue weighted by atomic mass is 32.2. The smallest absolute Gasteiger partial charge is 0.480 e. The average Bonchev–Trinajstić information content (AvgIpc) is 2.93. The Kier molecular flexibility index (Phi) is 10.4. The minimum atomic E-state index is -5.02. The second-order valence-corrected chi connectivity index (χ2v) is 11.2. The first kappa shape index (κ1) is 32.2. The van der Waals surface area contributed by atoms with Gasteiger partial charge < -0.3 is 20.1 Å². The van der Waals surface area contributed by atoms with E-state index in [-0.39, 0.29) is 18.7 Å². The van der Waals surface area contributed by atoms with Crippen LogP contribution in [0.25, 0.3) is 0 Å². The van der Waals surface area contributed by atoms with Crippen LogP contribution in [0.2, 0.25) is 0 Å². The Balaban J connectivity index is 1.68. The second-order valence-electron chi connectivity index (χ2n) is 9.47. The zero-order valence-corrected chi connectivity index (χ0v) is 23.4. The van der Waals surface area contributed by atoms with Gasteiger partial charge in [0, 0.05) is 43.0 Å². The van der Waals surface area contributed by atoms with Crippen LogP contribution in [0.15, 0.2) is 42.5 Å². The highest BCUT2D eigenvalue weighted by Crippen LogP contribution is 2.27. The van der Waals surface area contributed by atoms with Gasteiger partial charge in [-0.3, -0.25) is 9.59 Å². The van der Waals surface area contributed by atoms with Crippen LogP contribution in [0.5, 0.6) is 5.75 Å². The summed E-state index contributed by atoms with van der Waals surface area (Å²) in [4.78, 5) is 25.6. The molecule has 1 atom stereocenters. The van der Waals surface area contributed by atoms with Crippen LogP contribution >= 0.6 is 0 Å². The predicted molar refractivity (Wildman–Crippen MR) is 146 cm³/mol. The summed E-state index contributed by atoms with van der Waals surface area (Å²) in [6.07, 6.45) is -5.02. The number of benzene rings is 2. The van der Waals surface area contributed by atoms with Crippen LogP contribution in [0.1, 0.15) is 35.3 Å². The van der Waals surface area contributed by atoms with Crippen molar-refractivity contribution >= 4 is 27.8 Å². The molecule has 1 unspecified atom stereocenters. The summed E-state index contributed by atoms with van der Waals surface area (Å²) in [6, 6.07) is 10.8. The van der Waals surface area contributed by atoms with Crippen molar-refractivity contribution in [1.29, 1.82) is 5.26 Å². The van der Waals surface area contributed by atoms with Gasteiger partial charge in [-0.2, -0.15) is 22.7 Å². The monoisotopic (exact) mass is 607 g/mol. The molecule has 0 spiro atoms. The van der Waals surface area contributed by atoms with E-state index < -0.39 is 58.3 Å². The number of nitrogens with zero attached hydrogens (tertiary/aromatic N) is 3. The Labute approximate surface area is 241 Å². The molecule has 11 nitrogen and oxygen atoms in total. The molecule has 1 amide bonds. The summed E-state index contributed by atoms with van der Waals surface area (Å²) in [7, 11) is -3.99. The lowest BCUT2D eigenvalue weighted by Gasteiger charge is -2.36. The number of anilines is 1. The van der Waals surface area contributed by atoms with Gasteiger partial charge in [0.2, 0.25) is 0 Å². The molecule has 15 heteroatoms. The Bertz CT molecular complexity index is 1500. The minimum Gasteiger partial charge on any atom is -0.480 e. The molecule has 1 saturated heterocycles. The van der Waals surface area contributed by atoms with E-state index in [4.69, 9.17) is 5.26 Å². The van der Waals surface area contributed by atoms with Crippen LogP contribution in [0.3, 0.4) is 0 Å². The highest BCUT2D eigenvalue weighted by Gasteiger charge is 2.34. The molecule has 42 heavy (non-hydrogen) atoms. The summed E-state index contributed by atoms with van der Waals surface area (Å²) < 4.78 is 71.0. The first-order chi connectivity index (χ1) is 19.7. The number of carbonyl (C=O) groups is 2. The molecule has 1 heterocycles. The van der Waals surface area contributed by atoms with Crippen LogP contribution in [0, 0.1) is 29.1 Å². The molecule has 224 valence electrons. The number of aliphatic carboxylic acids is 1. The molecule has 0 aliphatic carbocycles. The number of rotatable bonds is 9. The second kappa shape index (κ2) is 13.6. The van der Waals surface area contributed by atoms with Crippen LogP contribution in [-0.2, 0) is 15.0 Å². The lowest BCUT2D eigenvalue weighted by molar-refractivity contribution is -0.274. The number of ether oxygens (including phenoxy) is 1. The standard InChI is InChI=1S/C27H28F3N5O6S/c1-18(2)24(26(37)38)33-42(39,40)35-15-13-34(14-16-35)21-8-5-19(6-9-21)3-4-20-7-10-23(41-27(28,29)30)22(17-20)25(36)32-12-11-31/h5-10,17-18,24,33H,12-16H2,1-2H3,(H,32,36)(H,37,38). The molecule has 0 bridgehead atoms. The fourth-order valence-corrected chi connectivity index (χ4v) is 5.49. The van der Waals surface area contributed by atoms with Gasteiger partial charge in [-0.1, -0.05) is 25.7 Å². The van der Waals surface area contributed by atoms with Crippen molar-refractivity contribution < 1.29 is 41.0 Å². The van der Waals surface area contributed by atoms with E-state index in [9.17, 15) is 36.3 Å². The van der Waals surface area contributed by atoms with Crippen molar-refractivity contribution in [3.8, 4) is 23.7 Å². The molecular formula is C27H28F3N5O6S. The van der Waals surface area contributed by atoms with Crippen LogP contribution in [0.4, 0.5) is 18.9 Å². The summed E-state index contributed by atoms with van der Waals surface area (Å²) in [5.74, 6) is 2.34. The summed E-state index contributed by atoms with van der Waals surface area (Å²) in [5, 5.41) is 20.1. The SMILES string of the molecule is CC(C)C(NS(=O)(=O)N1CCN(c2ccc(C#Cc3ccc(OC(F)(F)F)c(C(=O)NCC#N)c3)cc2)CC1)C(=O)O. The minimum absolute atomic E-state index is 0.152. The number of halogens is 3. The van der Waals surface area contributed by atoms with Gasteiger partial charge in [0.25, 0.3) is 16.1 Å². The molecule has 3 rings (SSSR count). The maximum atomic E-state index is 12.8. The zero-order chi connectivity index (χ0) is 31.1. The van der Waals surface area contributed by atoms with E-state index in [1.165, 1.54) is 10.4 Å². The highest BCUT2D eigenvalue weighted by molar-refractivity contribution is 7.87. The third-order valence-corrected chi connectivity index (χ3v) is 7.75. The van der Waals surface area contributed by atoms with E-state index >= 15 is 0 Å². The Hall–Kier alpha value is -4.31. The number of hydrogen-bond donors (Lipinski definition) is 3. The third-order valence-electron chi connectivity index (χ3n) is 6.15. The normalized spacial score (nSPS) is 14.8. The molecule has 1 aliphatic rings. The lowest BCUT2D eigenvalue weighted by Crippen LogP contribution is -2.55. The fourth-order valence-electron chi connectivity index (χ4n) is 4.01. The van der Waals surface area contributed by atoms with E-state index in [2.05, 4.69) is 26.6 Å². The van der Waals surface area contributed by atoms with Gasteiger partial charge in [0.15, 0.2) is 0 Å². The van der Waals surface area contributed by atoms with Crippen molar-refractivity contribution in [2.24, 2.45) is 5.92 Å². The van der Waals surface area contributed by atoms with Crippen molar-refractivity contribution in [3.05, 3.63) is 59.2 Å². The Morgan fingerprint density at radius 3 is 2.19 bits per heavy atom. The number of alkyl halides is 3. The lowest BCUT2D eigenvalue weighted by atomic mass is 10.1. The summed E-state index contributed by atoms with van der Waals surface area (Å²) >= 11 is 0. The topological polar surface area (TPSA) is 152 Å². The maximum absolute atomic E-state index is 12.8. The largest absolute Gasteiger partial charge is 0.573 e. The van der Waals surface area contributed by atoms with Crippen molar-refractivity contribution in [2.45, 2.75) is 26.3 Å². The van der Waals surface area contributed by atoms with E-state index in [1.54, 1.807) is 44.2 Å². The number of carboxylic acids is 1. The first-order valence-corrected chi connectivity index (χ1v) is 14.1. The average molecular weight is 608 g/mol. The number of hydrogen-bond acceptors (Lipinski definition) is 7. The van der Waals surface area contributed by atoms with Gasteiger partial charge in [-0.05, 0) is 48.4 Å². The number of nitriles is 1. The van der Waals surface area contributed by atoms with E-state index in [1.807, 2.05) is 4.90 Å². The van der Waals surface area contributed by atoms with Gasteiger partial charge in [0.05, 0.1) is 11.6 Å². The molecule has 0 aromatic heterocycles. The number of nitrogens with one attached hydrogen (secondary N) is 2.